The van der Waals surface area contributed by atoms with E-state index < -0.39 is 0 Å². The summed E-state index contributed by atoms with van der Waals surface area (Å²) < 4.78 is 0. The van der Waals surface area contributed by atoms with Gasteiger partial charge in [0.1, 0.15) is 0 Å². The molecule has 0 saturated carbocycles. The van der Waals surface area contributed by atoms with Crippen LogP contribution in [0.2, 0.25) is 0 Å². The van der Waals surface area contributed by atoms with Gasteiger partial charge in [-0.25, -0.2) is 4.98 Å². The van der Waals surface area contributed by atoms with Crippen LogP contribution in [0.4, 0.5) is 11.4 Å². The number of hydrogen-bond donors (Lipinski definition) is 1. The van der Waals surface area contributed by atoms with Crippen LogP contribution in [-0.2, 0) is 4.79 Å². The SMILES string of the molecule is Cc1nc(C=CC(=O)Nc2cccc(C(=O)N(C)c3ccccc3)c2)cs1. The zero-order valence-corrected chi connectivity index (χ0v) is 15.9. The first-order valence-corrected chi connectivity index (χ1v) is 9.25. The smallest absolute Gasteiger partial charge is 0.258 e. The molecular weight excluding hydrogens is 358 g/mol. The molecule has 5 nitrogen and oxygen atoms in total. The average molecular weight is 377 g/mol. The van der Waals surface area contributed by atoms with Gasteiger partial charge in [0.15, 0.2) is 0 Å². The van der Waals surface area contributed by atoms with E-state index in [1.165, 1.54) is 17.4 Å². The molecule has 0 aliphatic carbocycles. The van der Waals surface area contributed by atoms with Crippen molar-refractivity contribution in [1.29, 1.82) is 0 Å². The minimum atomic E-state index is -0.276. The first kappa shape index (κ1) is 18.5. The molecule has 0 atom stereocenters. The number of nitrogens with one attached hydrogen (secondary N) is 1. The quantitative estimate of drug-likeness (QED) is 0.671. The Morgan fingerprint density at radius 3 is 2.59 bits per heavy atom. The highest BCUT2D eigenvalue weighted by Crippen LogP contribution is 2.17. The van der Waals surface area contributed by atoms with Crippen molar-refractivity contribution in [2.45, 2.75) is 6.92 Å². The molecule has 0 fully saturated rings. The third-order valence-corrected chi connectivity index (χ3v) is 4.66. The molecule has 2 amide bonds. The maximum Gasteiger partial charge on any atom is 0.258 e. The summed E-state index contributed by atoms with van der Waals surface area (Å²) in [5, 5.41) is 5.61. The Bertz CT molecular complexity index is 980. The molecule has 1 aromatic heterocycles. The zero-order chi connectivity index (χ0) is 19.2. The number of para-hydroxylation sites is 1. The predicted molar refractivity (Wildman–Crippen MR) is 110 cm³/mol. The van der Waals surface area contributed by atoms with Gasteiger partial charge in [0, 0.05) is 35.4 Å². The van der Waals surface area contributed by atoms with Crippen LogP contribution < -0.4 is 10.2 Å². The third kappa shape index (κ3) is 4.89. The van der Waals surface area contributed by atoms with Crippen molar-refractivity contribution in [3.05, 3.63) is 82.3 Å². The monoisotopic (exact) mass is 377 g/mol. The number of benzene rings is 2. The van der Waals surface area contributed by atoms with E-state index >= 15 is 0 Å². The van der Waals surface area contributed by atoms with Gasteiger partial charge in [0.2, 0.25) is 5.91 Å². The van der Waals surface area contributed by atoms with Crippen LogP contribution in [0, 0.1) is 6.92 Å². The van der Waals surface area contributed by atoms with Crippen molar-refractivity contribution in [3.63, 3.8) is 0 Å². The summed E-state index contributed by atoms with van der Waals surface area (Å²) >= 11 is 1.53. The highest BCUT2D eigenvalue weighted by molar-refractivity contribution is 7.09. The molecule has 0 aliphatic heterocycles. The molecule has 0 saturated heterocycles. The summed E-state index contributed by atoms with van der Waals surface area (Å²) in [6.07, 6.45) is 3.09. The van der Waals surface area contributed by atoms with E-state index in [0.29, 0.717) is 11.3 Å². The van der Waals surface area contributed by atoms with Gasteiger partial charge in [-0.1, -0.05) is 24.3 Å². The average Bonchev–Trinajstić information content (AvgIpc) is 3.11. The van der Waals surface area contributed by atoms with Crippen LogP contribution in [0.1, 0.15) is 21.1 Å². The zero-order valence-electron chi connectivity index (χ0n) is 15.0. The highest BCUT2D eigenvalue weighted by Gasteiger charge is 2.13. The number of thiazole rings is 1. The first-order valence-electron chi connectivity index (χ1n) is 8.37. The molecule has 27 heavy (non-hydrogen) atoms. The fourth-order valence-electron chi connectivity index (χ4n) is 2.49. The fraction of sp³-hybridized carbons (Fsp3) is 0.0952. The van der Waals surface area contributed by atoms with Crippen LogP contribution in [0.25, 0.3) is 6.08 Å². The number of nitrogens with zero attached hydrogens (tertiary/aromatic N) is 2. The molecule has 0 radical (unpaired) electrons. The van der Waals surface area contributed by atoms with Crippen LogP contribution >= 0.6 is 11.3 Å². The van der Waals surface area contributed by atoms with Crippen molar-refractivity contribution in [3.8, 4) is 0 Å². The number of amides is 2. The van der Waals surface area contributed by atoms with Gasteiger partial charge in [-0.05, 0) is 43.3 Å². The Balaban J connectivity index is 1.69. The van der Waals surface area contributed by atoms with Gasteiger partial charge < -0.3 is 10.2 Å². The van der Waals surface area contributed by atoms with Crippen LogP contribution in [0.3, 0.4) is 0 Å². The predicted octanol–water partition coefficient (Wildman–Crippen LogP) is 4.38. The number of carbonyl (C=O) groups is 2. The molecule has 0 aliphatic rings. The molecule has 0 unspecified atom stereocenters. The second-order valence-electron chi connectivity index (χ2n) is 5.89. The van der Waals surface area contributed by atoms with E-state index in [-0.39, 0.29) is 11.8 Å². The lowest BCUT2D eigenvalue weighted by atomic mass is 10.1. The highest BCUT2D eigenvalue weighted by atomic mass is 32.1. The summed E-state index contributed by atoms with van der Waals surface area (Å²) in [4.78, 5) is 30.7. The third-order valence-electron chi connectivity index (χ3n) is 3.87. The molecule has 1 N–H and O–H groups in total. The number of anilines is 2. The molecule has 3 aromatic rings. The Morgan fingerprint density at radius 2 is 1.89 bits per heavy atom. The summed E-state index contributed by atoms with van der Waals surface area (Å²) in [6, 6.07) is 16.3. The molecule has 0 bridgehead atoms. The maximum absolute atomic E-state index is 12.7. The van der Waals surface area contributed by atoms with Gasteiger partial charge in [-0.2, -0.15) is 0 Å². The van der Waals surface area contributed by atoms with E-state index in [1.807, 2.05) is 42.6 Å². The van der Waals surface area contributed by atoms with Crippen molar-refractivity contribution < 1.29 is 9.59 Å². The molecule has 3 rings (SSSR count). The Labute approximate surface area is 162 Å². The summed E-state index contributed by atoms with van der Waals surface area (Å²) in [6.45, 7) is 1.91. The lowest BCUT2D eigenvalue weighted by Crippen LogP contribution is -2.26. The van der Waals surface area contributed by atoms with Crippen LogP contribution in [0.15, 0.2) is 66.1 Å². The number of aromatic nitrogens is 1. The Morgan fingerprint density at radius 1 is 1.11 bits per heavy atom. The normalized spacial score (nSPS) is 10.7. The summed E-state index contributed by atoms with van der Waals surface area (Å²) in [5.41, 5.74) is 2.61. The van der Waals surface area contributed by atoms with Crippen LogP contribution in [-0.4, -0.2) is 23.8 Å². The molecule has 1 heterocycles. The minimum Gasteiger partial charge on any atom is -0.322 e. The Kier molecular flexibility index (Phi) is 5.78. The van der Waals surface area contributed by atoms with Crippen molar-refractivity contribution in [2.75, 3.05) is 17.3 Å². The minimum absolute atomic E-state index is 0.147. The number of carbonyl (C=O) groups excluding carboxylic acids is 2. The van der Waals surface area contributed by atoms with Crippen molar-refractivity contribution in [1.82, 2.24) is 4.98 Å². The first-order chi connectivity index (χ1) is 13.0. The Hall–Kier alpha value is -3.25. The molecule has 6 heteroatoms. The maximum atomic E-state index is 12.7. The lowest BCUT2D eigenvalue weighted by molar-refractivity contribution is -0.111. The summed E-state index contributed by atoms with van der Waals surface area (Å²) in [5.74, 6) is -0.424. The van der Waals surface area contributed by atoms with E-state index in [1.54, 1.807) is 42.3 Å². The van der Waals surface area contributed by atoms with Crippen molar-refractivity contribution in [2.24, 2.45) is 0 Å². The second kappa shape index (κ2) is 8.42. The number of aryl methyl sites for hydroxylation is 1. The fourth-order valence-corrected chi connectivity index (χ4v) is 3.07. The largest absolute Gasteiger partial charge is 0.322 e. The van der Waals surface area contributed by atoms with Gasteiger partial charge in [0.25, 0.3) is 5.91 Å². The standard InChI is InChI=1S/C21H19N3O2S/c1-15-22-18(14-27-15)11-12-20(25)23-17-8-6-7-16(13-17)21(26)24(2)19-9-4-3-5-10-19/h3-14H,1-2H3,(H,23,25). The second-order valence-corrected chi connectivity index (χ2v) is 6.96. The topological polar surface area (TPSA) is 62.3 Å². The molecule has 2 aromatic carbocycles. The van der Waals surface area contributed by atoms with E-state index in [0.717, 1.165) is 16.4 Å². The number of hydrogen-bond acceptors (Lipinski definition) is 4. The molecule has 136 valence electrons. The van der Waals surface area contributed by atoms with Gasteiger partial charge >= 0.3 is 0 Å². The molecular formula is C21H19N3O2S. The van der Waals surface area contributed by atoms with Gasteiger partial charge in [-0.3, -0.25) is 9.59 Å². The molecule has 0 spiro atoms. The lowest BCUT2D eigenvalue weighted by Gasteiger charge is -2.17. The van der Waals surface area contributed by atoms with Gasteiger partial charge in [0.05, 0.1) is 10.7 Å². The van der Waals surface area contributed by atoms with Crippen molar-refractivity contribution >= 4 is 40.6 Å². The van der Waals surface area contributed by atoms with Crippen LogP contribution in [0.5, 0.6) is 0 Å². The van der Waals surface area contributed by atoms with E-state index in [2.05, 4.69) is 10.3 Å². The summed E-state index contributed by atoms with van der Waals surface area (Å²) in [7, 11) is 1.72. The number of rotatable bonds is 5. The van der Waals surface area contributed by atoms with Gasteiger partial charge in [-0.15, -0.1) is 11.3 Å². The van der Waals surface area contributed by atoms with E-state index in [4.69, 9.17) is 0 Å². The van der Waals surface area contributed by atoms with E-state index in [9.17, 15) is 9.59 Å².